The van der Waals surface area contributed by atoms with Crippen molar-refractivity contribution in [1.29, 1.82) is 0 Å². The van der Waals surface area contributed by atoms with Crippen LogP contribution in [0.15, 0.2) is 18.2 Å². The smallest absolute Gasteiger partial charge is 0.260 e. The lowest BCUT2D eigenvalue weighted by Gasteiger charge is -2.26. The molecule has 0 bridgehead atoms. The van der Waals surface area contributed by atoms with Gasteiger partial charge < -0.3 is 20.1 Å². The Labute approximate surface area is 119 Å². The van der Waals surface area contributed by atoms with E-state index in [-0.39, 0.29) is 12.5 Å². The number of benzene rings is 1. The molecule has 0 aliphatic carbocycles. The average Bonchev–Trinajstić information content (AvgIpc) is 2.47. The van der Waals surface area contributed by atoms with E-state index < -0.39 is 0 Å². The van der Waals surface area contributed by atoms with Gasteiger partial charge in [-0.1, -0.05) is 17.7 Å². The first kappa shape index (κ1) is 14.8. The Hall–Kier alpha value is -1.59. The predicted molar refractivity (Wildman–Crippen MR) is 76.8 cm³/mol. The Morgan fingerprint density at radius 3 is 2.85 bits per heavy atom. The van der Waals surface area contributed by atoms with Gasteiger partial charge in [0.25, 0.3) is 5.91 Å². The molecule has 110 valence electrons. The van der Waals surface area contributed by atoms with Crippen LogP contribution < -0.4 is 10.5 Å². The first-order chi connectivity index (χ1) is 9.70. The van der Waals surface area contributed by atoms with Crippen molar-refractivity contribution in [2.24, 2.45) is 5.73 Å². The normalized spacial score (nSPS) is 15.2. The van der Waals surface area contributed by atoms with Crippen LogP contribution in [0.25, 0.3) is 0 Å². The highest BCUT2D eigenvalue weighted by molar-refractivity contribution is 5.77. The van der Waals surface area contributed by atoms with E-state index in [1.54, 1.807) is 4.90 Å². The van der Waals surface area contributed by atoms with E-state index in [2.05, 4.69) is 6.07 Å². The van der Waals surface area contributed by atoms with Crippen molar-refractivity contribution in [1.82, 2.24) is 4.90 Å². The predicted octanol–water partition coefficient (Wildman–Crippen LogP) is 0.734. The molecule has 2 rings (SSSR count). The maximum atomic E-state index is 12.0. The minimum absolute atomic E-state index is 0.00701. The molecule has 5 heteroatoms. The monoisotopic (exact) mass is 278 g/mol. The molecule has 0 radical (unpaired) electrons. The molecule has 1 aromatic rings. The third-order valence-electron chi connectivity index (χ3n) is 3.34. The molecule has 0 spiro atoms. The van der Waals surface area contributed by atoms with Crippen LogP contribution in [0.5, 0.6) is 5.75 Å². The summed E-state index contributed by atoms with van der Waals surface area (Å²) >= 11 is 0. The fourth-order valence-electron chi connectivity index (χ4n) is 2.24. The van der Waals surface area contributed by atoms with Gasteiger partial charge in [0.15, 0.2) is 6.61 Å². The van der Waals surface area contributed by atoms with Crippen molar-refractivity contribution < 1.29 is 14.3 Å². The van der Waals surface area contributed by atoms with Crippen LogP contribution in [0, 0.1) is 6.92 Å². The van der Waals surface area contributed by atoms with Crippen molar-refractivity contribution in [2.75, 3.05) is 39.5 Å². The third-order valence-corrected chi connectivity index (χ3v) is 3.34. The van der Waals surface area contributed by atoms with Crippen LogP contribution in [-0.2, 0) is 16.0 Å². The molecule has 0 saturated carbocycles. The largest absolute Gasteiger partial charge is 0.483 e. The number of hydrogen-bond donors (Lipinski definition) is 1. The third kappa shape index (κ3) is 3.95. The van der Waals surface area contributed by atoms with Gasteiger partial charge in [-0.2, -0.15) is 0 Å². The standard InChI is InChI=1S/C15H22N2O3/c1-12-2-3-14(13(10-12)4-5-16)20-11-15(18)17-6-8-19-9-7-17/h2-3,10H,4-9,11,16H2,1H3. The van der Waals surface area contributed by atoms with Crippen LogP contribution >= 0.6 is 0 Å². The summed E-state index contributed by atoms with van der Waals surface area (Å²) in [5.74, 6) is 0.759. The summed E-state index contributed by atoms with van der Waals surface area (Å²) in [5, 5.41) is 0. The highest BCUT2D eigenvalue weighted by Gasteiger charge is 2.17. The maximum Gasteiger partial charge on any atom is 0.260 e. The van der Waals surface area contributed by atoms with Gasteiger partial charge in [0.2, 0.25) is 0 Å². The van der Waals surface area contributed by atoms with Crippen LogP contribution in [0.3, 0.4) is 0 Å². The van der Waals surface area contributed by atoms with Crippen LogP contribution in [0.2, 0.25) is 0 Å². The van der Waals surface area contributed by atoms with Crippen LogP contribution in [0.4, 0.5) is 0 Å². The average molecular weight is 278 g/mol. The van der Waals surface area contributed by atoms with E-state index in [0.29, 0.717) is 32.8 Å². The first-order valence-electron chi connectivity index (χ1n) is 6.98. The topological polar surface area (TPSA) is 64.8 Å². The molecule has 1 saturated heterocycles. The molecule has 0 atom stereocenters. The molecule has 0 aromatic heterocycles. The number of carbonyl (C=O) groups excluding carboxylic acids is 1. The molecule has 20 heavy (non-hydrogen) atoms. The van der Waals surface area contributed by atoms with Gasteiger partial charge in [0.05, 0.1) is 13.2 Å². The molecule has 0 unspecified atom stereocenters. The summed E-state index contributed by atoms with van der Waals surface area (Å²) in [7, 11) is 0. The molecule has 1 aliphatic heterocycles. The number of hydrogen-bond acceptors (Lipinski definition) is 4. The van der Waals surface area contributed by atoms with Crippen LogP contribution in [0.1, 0.15) is 11.1 Å². The lowest BCUT2D eigenvalue weighted by Crippen LogP contribution is -2.43. The molecule has 2 N–H and O–H groups in total. The minimum Gasteiger partial charge on any atom is -0.483 e. The van der Waals surface area contributed by atoms with Crippen molar-refractivity contribution in [3.8, 4) is 5.75 Å². The lowest BCUT2D eigenvalue weighted by molar-refractivity contribution is -0.137. The SMILES string of the molecule is Cc1ccc(OCC(=O)N2CCOCC2)c(CCN)c1. The number of carbonyl (C=O) groups is 1. The van der Waals surface area contributed by atoms with Gasteiger partial charge in [-0.15, -0.1) is 0 Å². The molecular formula is C15H22N2O3. The molecular weight excluding hydrogens is 256 g/mol. The number of rotatable bonds is 5. The minimum atomic E-state index is 0.00701. The molecule has 1 heterocycles. The Kier molecular flexibility index (Phi) is 5.38. The highest BCUT2D eigenvalue weighted by atomic mass is 16.5. The second kappa shape index (κ2) is 7.26. The second-order valence-electron chi connectivity index (χ2n) is 4.93. The van der Waals surface area contributed by atoms with Crippen molar-refractivity contribution in [3.63, 3.8) is 0 Å². The fourth-order valence-corrected chi connectivity index (χ4v) is 2.24. The number of nitrogens with two attached hydrogens (primary N) is 1. The number of aryl methyl sites for hydroxylation is 1. The zero-order valence-electron chi connectivity index (χ0n) is 11.9. The summed E-state index contributed by atoms with van der Waals surface area (Å²) in [4.78, 5) is 13.8. The van der Waals surface area contributed by atoms with E-state index in [9.17, 15) is 4.79 Å². The Bertz CT molecular complexity index is 456. The van der Waals surface area contributed by atoms with Crippen molar-refractivity contribution in [2.45, 2.75) is 13.3 Å². The summed E-state index contributed by atoms with van der Waals surface area (Å²) in [6, 6.07) is 5.95. The first-order valence-corrected chi connectivity index (χ1v) is 6.98. The van der Waals surface area contributed by atoms with Crippen molar-refractivity contribution >= 4 is 5.91 Å². The summed E-state index contributed by atoms with van der Waals surface area (Å²) in [6.07, 6.45) is 0.753. The summed E-state index contributed by atoms with van der Waals surface area (Å²) in [5.41, 5.74) is 7.83. The molecule has 5 nitrogen and oxygen atoms in total. The fraction of sp³-hybridized carbons (Fsp3) is 0.533. The summed E-state index contributed by atoms with van der Waals surface area (Å²) < 4.78 is 10.9. The van der Waals surface area contributed by atoms with Gasteiger partial charge in [0.1, 0.15) is 5.75 Å². The van der Waals surface area contributed by atoms with E-state index in [1.807, 2.05) is 19.1 Å². The highest BCUT2D eigenvalue weighted by Crippen LogP contribution is 2.20. The zero-order valence-corrected chi connectivity index (χ0v) is 11.9. The van der Waals surface area contributed by atoms with E-state index in [1.165, 1.54) is 5.56 Å². The number of morpholine rings is 1. The van der Waals surface area contributed by atoms with Gasteiger partial charge in [0, 0.05) is 13.1 Å². The van der Waals surface area contributed by atoms with Gasteiger partial charge >= 0.3 is 0 Å². The van der Waals surface area contributed by atoms with Gasteiger partial charge in [-0.05, 0) is 31.5 Å². The Morgan fingerprint density at radius 1 is 1.40 bits per heavy atom. The number of nitrogens with zero attached hydrogens (tertiary/aromatic N) is 1. The molecule has 1 aromatic carbocycles. The number of amides is 1. The Balaban J connectivity index is 1.94. The number of ether oxygens (including phenoxy) is 2. The maximum absolute atomic E-state index is 12.0. The molecule has 1 amide bonds. The lowest BCUT2D eigenvalue weighted by atomic mass is 10.1. The van der Waals surface area contributed by atoms with Crippen molar-refractivity contribution in [3.05, 3.63) is 29.3 Å². The van der Waals surface area contributed by atoms with E-state index in [4.69, 9.17) is 15.2 Å². The van der Waals surface area contributed by atoms with E-state index >= 15 is 0 Å². The quantitative estimate of drug-likeness (QED) is 0.862. The van der Waals surface area contributed by atoms with E-state index in [0.717, 1.165) is 17.7 Å². The van der Waals surface area contributed by atoms with Gasteiger partial charge in [-0.25, -0.2) is 0 Å². The molecule has 1 fully saturated rings. The molecule has 1 aliphatic rings. The Morgan fingerprint density at radius 2 is 2.15 bits per heavy atom. The zero-order chi connectivity index (χ0) is 14.4. The van der Waals surface area contributed by atoms with Gasteiger partial charge in [-0.3, -0.25) is 4.79 Å². The van der Waals surface area contributed by atoms with Crippen LogP contribution in [-0.4, -0.2) is 50.3 Å². The summed E-state index contributed by atoms with van der Waals surface area (Å²) in [6.45, 7) is 5.17. The second-order valence-corrected chi connectivity index (χ2v) is 4.93.